The van der Waals surface area contributed by atoms with Crippen LogP contribution < -0.4 is 5.32 Å². The van der Waals surface area contributed by atoms with Gasteiger partial charge >= 0.3 is 0 Å². The number of halogens is 1. The van der Waals surface area contributed by atoms with Crippen LogP contribution in [0, 0.1) is 5.92 Å². The maximum Gasteiger partial charge on any atom is 0.238 e. The van der Waals surface area contributed by atoms with Crippen LogP contribution >= 0.6 is 11.6 Å². The second-order valence-corrected chi connectivity index (χ2v) is 11.6. The maximum atomic E-state index is 13.0. The highest BCUT2D eigenvalue weighted by atomic mass is 35.5. The number of piperazine rings is 1. The zero-order valence-corrected chi connectivity index (χ0v) is 19.8. The topological polar surface area (TPSA) is 90.0 Å². The minimum atomic E-state index is -2.88. The third-order valence-corrected chi connectivity index (χ3v) is 8.88. The van der Waals surface area contributed by atoms with Gasteiger partial charge in [0.05, 0.1) is 28.8 Å². The van der Waals surface area contributed by atoms with E-state index in [2.05, 4.69) is 15.1 Å². The van der Waals surface area contributed by atoms with Crippen LogP contribution in [0.2, 0.25) is 5.02 Å². The molecule has 0 bridgehead atoms. The fourth-order valence-electron chi connectivity index (χ4n) is 4.91. The van der Waals surface area contributed by atoms with E-state index in [-0.39, 0.29) is 41.8 Å². The Morgan fingerprint density at radius 2 is 1.69 bits per heavy atom. The van der Waals surface area contributed by atoms with E-state index >= 15 is 0 Å². The van der Waals surface area contributed by atoms with Crippen LogP contribution in [0.5, 0.6) is 0 Å². The molecule has 3 aliphatic heterocycles. The summed E-state index contributed by atoms with van der Waals surface area (Å²) in [6, 6.07) is 7.27. The summed E-state index contributed by atoms with van der Waals surface area (Å²) >= 11 is 6.09. The minimum absolute atomic E-state index is 0.0133. The number of hydrogen-bond acceptors (Lipinski definition) is 6. The van der Waals surface area contributed by atoms with Crippen LogP contribution in [0.25, 0.3) is 0 Å². The fraction of sp³-hybridized carbons (Fsp3) is 0.636. The van der Waals surface area contributed by atoms with Gasteiger partial charge in [-0.15, -0.1) is 0 Å². The molecule has 3 saturated heterocycles. The molecule has 3 aliphatic rings. The fourth-order valence-corrected chi connectivity index (χ4v) is 6.86. The van der Waals surface area contributed by atoms with Crippen molar-refractivity contribution in [3.63, 3.8) is 0 Å². The molecule has 3 fully saturated rings. The largest absolute Gasteiger partial charge is 0.340 e. The van der Waals surface area contributed by atoms with Gasteiger partial charge in [0.2, 0.25) is 11.8 Å². The molecule has 176 valence electrons. The number of hydrogen-bond donors (Lipinski definition) is 1. The van der Waals surface area contributed by atoms with Gasteiger partial charge in [-0.25, -0.2) is 8.42 Å². The molecule has 0 aromatic heterocycles. The average molecular weight is 483 g/mol. The van der Waals surface area contributed by atoms with Crippen LogP contribution in [-0.2, 0) is 19.4 Å². The molecule has 1 aromatic rings. The quantitative estimate of drug-likeness (QED) is 0.680. The van der Waals surface area contributed by atoms with Gasteiger partial charge in [0.25, 0.3) is 0 Å². The molecule has 1 aromatic carbocycles. The van der Waals surface area contributed by atoms with Crippen molar-refractivity contribution in [2.45, 2.75) is 25.3 Å². The number of anilines is 1. The normalized spacial score (nSPS) is 25.0. The molecular weight excluding hydrogens is 452 g/mol. The molecule has 0 aliphatic carbocycles. The first-order valence-electron chi connectivity index (χ1n) is 11.3. The lowest BCUT2D eigenvalue weighted by molar-refractivity contribution is -0.139. The second kappa shape index (κ2) is 10.1. The second-order valence-electron chi connectivity index (χ2n) is 9.00. The van der Waals surface area contributed by atoms with E-state index in [1.807, 2.05) is 17.0 Å². The summed E-state index contributed by atoms with van der Waals surface area (Å²) in [5.74, 6) is 0.650. The summed E-state index contributed by atoms with van der Waals surface area (Å²) in [4.78, 5) is 31.6. The summed E-state index contributed by atoms with van der Waals surface area (Å²) < 4.78 is 23.5. The Morgan fingerprint density at radius 3 is 2.31 bits per heavy atom. The van der Waals surface area contributed by atoms with E-state index in [9.17, 15) is 18.0 Å². The highest BCUT2D eigenvalue weighted by molar-refractivity contribution is 7.91. The summed E-state index contributed by atoms with van der Waals surface area (Å²) in [6.45, 7) is 4.44. The Hall–Kier alpha value is -1.68. The number of carbonyl (C=O) groups is 2. The van der Waals surface area contributed by atoms with Gasteiger partial charge in [0, 0.05) is 38.1 Å². The Bertz CT molecular complexity index is 941. The number of nitrogens with zero attached hydrogens (tertiary/aromatic N) is 3. The van der Waals surface area contributed by atoms with Gasteiger partial charge in [-0.05, 0) is 44.5 Å². The molecule has 32 heavy (non-hydrogen) atoms. The highest BCUT2D eigenvalue weighted by Gasteiger charge is 2.36. The third-order valence-electron chi connectivity index (χ3n) is 6.80. The molecule has 1 atom stereocenters. The zero-order chi connectivity index (χ0) is 22.7. The molecule has 8 nitrogen and oxygen atoms in total. The molecule has 1 unspecified atom stereocenters. The third kappa shape index (κ3) is 5.81. The predicted octanol–water partition coefficient (Wildman–Crippen LogP) is 1.32. The van der Waals surface area contributed by atoms with Crippen molar-refractivity contribution in [2.75, 3.05) is 62.6 Å². The number of rotatable bonds is 5. The summed E-state index contributed by atoms with van der Waals surface area (Å²) in [6.07, 6.45) is 2.29. The molecular formula is C22H31ClN4O4S. The van der Waals surface area contributed by atoms with Crippen molar-refractivity contribution in [3.05, 3.63) is 29.3 Å². The lowest BCUT2D eigenvalue weighted by Gasteiger charge is -2.39. The number of para-hydroxylation sites is 1. The standard InChI is InChI=1S/C22H31ClN4O4S/c23-19-3-1-2-4-20(19)24-21(28)15-25-10-12-27(13-11-25)22(29)17-5-8-26(9-6-17)18-7-14-32(30,31)16-18/h1-4,17-18H,5-16H2,(H,24,28). The van der Waals surface area contributed by atoms with Gasteiger partial charge in [0.1, 0.15) is 0 Å². The van der Waals surface area contributed by atoms with E-state index in [1.54, 1.807) is 12.1 Å². The number of amides is 2. The molecule has 0 saturated carbocycles. The Kier molecular flexibility index (Phi) is 7.39. The van der Waals surface area contributed by atoms with Crippen LogP contribution in [0.4, 0.5) is 5.69 Å². The van der Waals surface area contributed by atoms with Crippen LogP contribution in [0.15, 0.2) is 24.3 Å². The highest BCUT2D eigenvalue weighted by Crippen LogP contribution is 2.26. The van der Waals surface area contributed by atoms with E-state index in [4.69, 9.17) is 11.6 Å². The minimum Gasteiger partial charge on any atom is -0.340 e. The summed E-state index contributed by atoms with van der Waals surface area (Å²) in [7, 11) is -2.88. The SMILES string of the molecule is O=C(CN1CCN(C(=O)C2CCN(C3CCS(=O)(=O)C3)CC2)CC1)Nc1ccccc1Cl. The van der Waals surface area contributed by atoms with Gasteiger partial charge in [-0.2, -0.15) is 0 Å². The summed E-state index contributed by atoms with van der Waals surface area (Å²) in [5.41, 5.74) is 0.606. The van der Waals surface area contributed by atoms with Gasteiger partial charge in [0.15, 0.2) is 9.84 Å². The average Bonchev–Trinajstić information content (AvgIpc) is 3.15. The molecule has 3 heterocycles. The van der Waals surface area contributed by atoms with E-state index in [0.29, 0.717) is 43.3 Å². The first-order chi connectivity index (χ1) is 15.3. The van der Waals surface area contributed by atoms with Crippen molar-refractivity contribution < 1.29 is 18.0 Å². The number of carbonyl (C=O) groups excluding carboxylic acids is 2. The predicted molar refractivity (Wildman–Crippen MR) is 124 cm³/mol. The smallest absolute Gasteiger partial charge is 0.238 e. The zero-order valence-electron chi connectivity index (χ0n) is 18.2. The van der Waals surface area contributed by atoms with Crippen molar-refractivity contribution in [1.29, 1.82) is 0 Å². The Morgan fingerprint density at radius 1 is 1.00 bits per heavy atom. The van der Waals surface area contributed by atoms with Crippen LogP contribution in [-0.4, -0.2) is 98.3 Å². The number of piperidine rings is 1. The molecule has 0 radical (unpaired) electrons. The van der Waals surface area contributed by atoms with Crippen LogP contribution in [0.3, 0.4) is 0 Å². The monoisotopic (exact) mass is 482 g/mol. The molecule has 1 N–H and O–H groups in total. The lowest BCUT2D eigenvalue weighted by Crippen LogP contribution is -2.53. The van der Waals surface area contributed by atoms with E-state index in [0.717, 1.165) is 25.9 Å². The van der Waals surface area contributed by atoms with Gasteiger partial charge < -0.3 is 10.2 Å². The number of benzene rings is 1. The van der Waals surface area contributed by atoms with E-state index < -0.39 is 9.84 Å². The first kappa shape index (κ1) is 23.5. The first-order valence-corrected chi connectivity index (χ1v) is 13.5. The summed E-state index contributed by atoms with van der Waals surface area (Å²) in [5, 5.41) is 3.35. The Balaban J connectivity index is 1.19. The van der Waals surface area contributed by atoms with Crippen LogP contribution in [0.1, 0.15) is 19.3 Å². The van der Waals surface area contributed by atoms with Gasteiger partial charge in [-0.3, -0.25) is 19.4 Å². The molecule has 4 rings (SSSR count). The Labute approximate surface area is 194 Å². The molecule has 2 amide bonds. The number of sulfone groups is 1. The number of nitrogens with one attached hydrogen (secondary N) is 1. The molecule has 0 spiro atoms. The lowest BCUT2D eigenvalue weighted by atomic mass is 9.94. The van der Waals surface area contributed by atoms with Crippen molar-refractivity contribution in [3.8, 4) is 0 Å². The van der Waals surface area contributed by atoms with Crippen molar-refractivity contribution in [2.24, 2.45) is 5.92 Å². The number of likely N-dealkylation sites (tertiary alicyclic amines) is 1. The van der Waals surface area contributed by atoms with Crippen molar-refractivity contribution >= 4 is 38.9 Å². The van der Waals surface area contributed by atoms with E-state index in [1.165, 1.54) is 0 Å². The molecule has 10 heteroatoms. The maximum absolute atomic E-state index is 13.0. The van der Waals surface area contributed by atoms with Gasteiger partial charge in [-0.1, -0.05) is 23.7 Å². The van der Waals surface area contributed by atoms with Crippen molar-refractivity contribution in [1.82, 2.24) is 14.7 Å².